The first-order chi connectivity index (χ1) is 17.7. The summed E-state index contributed by atoms with van der Waals surface area (Å²) in [6.07, 6.45) is 6.88. The largest absolute Gasteiger partial charge is 0.488 e. The zero-order valence-electron chi connectivity index (χ0n) is 20.2. The Morgan fingerprint density at radius 2 is 1.76 bits per heavy atom. The second-order valence-electron chi connectivity index (χ2n) is 9.05. The monoisotopic (exact) mass is 543 g/mol. The maximum Gasteiger partial charge on any atom is 0.326 e. The number of ether oxygens (including phenoxy) is 1. The molecule has 1 heterocycles. The van der Waals surface area contributed by atoms with Crippen molar-refractivity contribution in [2.75, 3.05) is 0 Å². The van der Waals surface area contributed by atoms with Crippen molar-refractivity contribution in [1.29, 1.82) is 0 Å². The van der Waals surface area contributed by atoms with E-state index in [9.17, 15) is 19.5 Å². The number of aryl methyl sites for hydroxylation is 1. The quantitative estimate of drug-likeness (QED) is 0.418. The minimum atomic E-state index is -1.22. The summed E-state index contributed by atoms with van der Waals surface area (Å²) in [6.45, 7) is 0. The number of benzene rings is 2. The summed E-state index contributed by atoms with van der Waals surface area (Å²) < 4.78 is 7.44. The maximum absolute atomic E-state index is 13.0. The first-order valence-corrected chi connectivity index (χ1v) is 12.8. The number of carbonyl (C=O) groups excluding carboxylic acids is 1. The van der Waals surface area contributed by atoms with E-state index in [1.807, 2.05) is 0 Å². The molecule has 0 unspecified atom stereocenters. The molecule has 1 saturated carbocycles. The minimum absolute atomic E-state index is 0.0171. The minimum Gasteiger partial charge on any atom is -0.488 e. The fraction of sp³-hybridized carbons (Fsp3) is 0.333. The molecule has 0 spiro atoms. The summed E-state index contributed by atoms with van der Waals surface area (Å²) in [5.41, 5.74) is 1.43. The number of nitrogens with one attached hydrogen (secondary N) is 1. The van der Waals surface area contributed by atoms with Gasteiger partial charge in [0.15, 0.2) is 5.75 Å². The molecule has 1 aliphatic carbocycles. The Morgan fingerprint density at radius 3 is 2.38 bits per heavy atom. The highest BCUT2D eigenvalue weighted by Crippen LogP contribution is 2.30. The van der Waals surface area contributed by atoms with Crippen molar-refractivity contribution in [3.05, 3.63) is 80.2 Å². The average Bonchev–Trinajstić information content (AvgIpc) is 2.87. The third-order valence-electron chi connectivity index (χ3n) is 6.42. The van der Waals surface area contributed by atoms with Crippen molar-refractivity contribution >= 4 is 35.1 Å². The Morgan fingerprint density at radius 1 is 1.11 bits per heavy atom. The predicted molar refractivity (Wildman–Crippen MR) is 141 cm³/mol. The SMILES string of the molecule is Cn1ncc(OC2CCCCC2)c(-c2ccc(C[C@H](NC(=O)c3c(Cl)cccc3Cl)C(=O)O)cc2)c1=O. The van der Waals surface area contributed by atoms with E-state index < -0.39 is 17.9 Å². The number of amides is 1. The summed E-state index contributed by atoms with van der Waals surface area (Å²) in [4.78, 5) is 37.6. The summed E-state index contributed by atoms with van der Waals surface area (Å²) in [7, 11) is 1.58. The highest BCUT2D eigenvalue weighted by atomic mass is 35.5. The van der Waals surface area contributed by atoms with Crippen molar-refractivity contribution in [2.45, 2.75) is 50.7 Å². The van der Waals surface area contributed by atoms with Gasteiger partial charge in [-0.1, -0.05) is 60.0 Å². The van der Waals surface area contributed by atoms with Crippen molar-refractivity contribution in [1.82, 2.24) is 15.1 Å². The number of aromatic nitrogens is 2. The zero-order chi connectivity index (χ0) is 26.5. The second-order valence-corrected chi connectivity index (χ2v) is 9.87. The van der Waals surface area contributed by atoms with E-state index in [1.165, 1.54) is 23.2 Å². The fourth-order valence-electron chi connectivity index (χ4n) is 4.43. The summed E-state index contributed by atoms with van der Waals surface area (Å²) in [5.74, 6) is -1.44. The molecule has 1 fully saturated rings. The lowest BCUT2D eigenvalue weighted by Gasteiger charge is -2.24. The molecule has 10 heteroatoms. The number of aliphatic carboxylic acids is 1. The van der Waals surface area contributed by atoms with Gasteiger partial charge in [0.2, 0.25) is 0 Å². The van der Waals surface area contributed by atoms with Crippen LogP contribution in [0.2, 0.25) is 10.0 Å². The van der Waals surface area contributed by atoms with Crippen LogP contribution in [0, 0.1) is 0 Å². The molecule has 1 aliphatic rings. The van der Waals surface area contributed by atoms with Gasteiger partial charge in [0, 0.05) is 13.5 Å². The third kappa shape index (κ3) is 6.32. The van der Waals surface area contributed by atoms with Gasteiger partial charge in [-0.2, -0.15) is 5.10 Å². The van der Waals surface area contributed by atoms with Crippen molar-refractivity contribution in [3.63, 3.8) is 0 Å². The molecule has 37 heavy (non-hydrogen) atoms. The Hall–Kier alpha value is -3.36. The molecule has 2 N–H and O–H groups in total. The molecule has 1 aromatic heterocycles. The zero-order valence-corrected chi connectivity index (χ0v) is 21.8. The summed E-state index contributed by atoms with van der Waals surface area (Å²) in [5, 5.41) is 16.6. The van der Waals surface area contributed by atoms with Crippen LogP contribution in [0.1, 0.15) is 48.0 Å². The second kappa shape index (κ2) is 11.8. The van der Waals surface area contributed by atoms with Gasteiger partial charge >= 0.3 is 5.97 Å². The highest BCUT2D eigenvalue weighted by Gasteiger charge is 2.24. The van der Waals surface area contributed by atoms with Crippen LogP contribution in [0.15, 0.2) is 53.5 Å². The van der Waals surface area contributed by atoms with Crippen LogP contribution in [0.4, 0.5) is 0 Å². The first kappa shape index (κ1) is 26.7. The Bertz CT molecular complexity index is 1330. The van der Waals surface area contributed by atoms with E-state index >= 15 is 0 Å². The predicted octanol–water partition coefficient (Wildman–Crippen LogP) is 4.89. The van der Waals surface area contributed by atoms with Crippen LogP contribution in [-0.2, 0) is 18.3 Å². The Labute approximate surface area is 224 Å². The van der Waals surface area contributed by atoms with Gasteiger partial charge in [0.1, 0.15) is 6.04 Å². The number of hydrogen-bond acceptors (Lipinski definition) is 5. The van der Waals surface area contributed by atoms with Crippen LogP contribution in [-0.4, -0.2) is 38.9 Å². The van der Waals surface area contributed by atoms with Gasteiger partial charge in [-0.25, -0.2) is 9.48 Å². The van der Waals surface area contributed by atoms with Gasteiger partial charge in [0.25, 0.3) is 11.5 Å². The van der Waals surface area contributed by atoms with E-state index in [-0.39, 0.29) is 33.7 Å². The molecule has 0 aliphatic heterocycles. The van der Waals surface area contributed by atoms with E-state index in [0.717, 1.165) is 25.7 Å². The Balaban J connectivity index is 1.54. The molecule has 0 bridgehead atoms. The molecule has 1 atom stereocenters. The lowest BCUT2D eigenvalue weighted by Crippen LogP contribution is -2.42. The smallest absolute Gasteiger partial charge is 0.326 e. The normalized spacial score (nSPS) is 14.7. The number of carbonyl (C=O) groups is 2. The molecule has 1 amide bonds. The van der Waals surface area contributed by atoms with Gasteiger partial charge in [0.05, 0.1) is 33.5 Å². The maximum atomic E-state index is 13.0. The standard InChI is InChI=1S/C27H27Cl2N3O5/c1-32-26(34)23(22(15-30-32)37-18-6-3-2-4-7-18)17-12-10-16(11-13-17)14-21(27(35)36)31-25(33)24-19(28)8-5-9-20(24)29/h5,8-13,15,18,21H,2-4,6-7,14H2,1H3,(H,31,33)(H,35,36)/t21-/m0/s1. The number of carboxylic acids is 1. The molecule has 8 nitrogen and oxygen atoms in total. The van der Waals surface area contributed by atoms with Crippen molar-refractivity contribution in [2.24, 2.45) is 7.05 Å². The average molecular weight is 544 g/mol. The van der Waals surface area contributed by atoms with E-state index in [1.54, 1.807) is 43.6 Å². The van der Waals surface area contributed by atoms with Gasteiger partial charge in [-0.05, 0) is 48.9 Å². The lowest BCUT2D eigenvalue weighted by atomic mass is 9.97. The van der Waals surface area contributed by atoms with Crippen LogP contribution in [0.25, 0.3) is 11.1 Å². The molecule has 3 aromatic rings. The van der Waals surface area contributed by atoms with Crippen molar-refractivity contribution in [3.8, 4) is 16.9 Å². The molecule has 4 rings (SSSR count). The van der Waals surface area contributed by atoms with E-state index in [2.05, 4.69) is 10.4 Å². The summed E-state index contributed by atoms with van der Waals surface area (Å²) in [6, 6.07) is 10.3. The Kier molecular flexibility index (Phi) is 8.51. The lowest BCUT2D eigenvalue weighted by molar-refractivity contribution is -0.139. The molecule has 0 saturated heterocycles. The highest BCUT2D eigenvalue weighted by molar-refractivity contribution is 6.39. The van der Waals surface area contributed by atoms with Gasteiger partial charge in [-0.15, -0.1) is 0 Å². The number of hydrogen-bond donors (Lipinski definition) is 2. The summed E-state index contributed by atoms with van der Waals surface area (Å²) >= 11 is 12.2. The van der Waals surface area contributed by atoms with Crippen molar-refractivity contribution < 1.29 is 19.4 Å². The number of nitrogens with zero attached hydrogens (tertiary/aromatic N) is 2. The number of halogens is 2. The van der Waals surface area contributed by atoms with Crippen LogP contribution in [0.3, 0.4) is 0 Å². The van der Waals surface area contributed by atoms with Gasteiger partial charge in [-0.3, -0.25) is 9.59 Å². The van der Waals surface area contributed by atoms with Crippen LogP contribution in [0.5, 0.6) is 5.75 Å². The number of carboxylic acid groups (broad SMARTS) is 1. The molecular formula is C27H27Cl2N3O5. The fourth-order valence-corrected chi connectivity index (χ4v) is 5.00. The number of rotatable bonds is 8. The van der Waals surface area contributed by atoms with Crippen LogP contribution < -0.4 is 15.6 Å². The topological polar surface area (TPSA) is 111 Å². The van der Waals surface area contributed by atoms with Crippen LogP contribution >= 0.6 is 23.2 Å². The molecular weight excluding hydrogens is 517 g/mol. The third-order valence-corrected chi connectivity index (χ3v) is 7.05. The molecule has 2 aromatic carbocycles. The van der Waals surface area contributed by atoms with Gasteiger partial charge < -0.3 is 15.2 Å². The van der Waals surface area contributed by atoms with E-state index in [0.29, 0.717) is 22.4 Å². The first-order valence-electron chi connectivity index (χ1n) is 12.0. The molecule has 0 radical (unpaired) electrons. The van der Waals surface area contributed by atoms with E-state index in [4.69, 9.17) is 27.9 Å². The molecule has 194 valence electrons.